The lowest BCUT2D eigenvalue weighted by Crippen LogP contribution is -2.32. The van der Waals surface area contributed by atoms with Gasteiger partial charge in [-0.3, -0.25) is 0 Å². The number of halogens is 1. The van der Waals surface area contributed by atoms with Gasteiger partial charge in [0.05, 0.1) is 0 Å². The first-order valence-corrected chi connectivity index (χ1v) is 6.31. The third kappa shape index (κ3) is 2.27. The average Bonchev–Trinajstić information content (AvgIpc) is 2.70. The van der Waals surface area contributed by atoms with Crippen LogP contribution in [0.1, 0.15) is 33.3 Å². The molecule has 2 heterocycles. The molecular weight excluding hydrogens is 250 g/mol. The standard InChI is InChI=1S/C12H18ClN5/c1-7-9(13)17-11-14-6-15-18(11)10(7)16-8(2)12(3,4)5/h6,8,16H,1-5H3. The minimum atomic E-state index is 0.134. The van der Waals surface area contributed by atoms with Crippen LogP contribution in [0.5, 0.6) is 0 Å². The molecule has 0 aliphatic rings. The van der Waals surface area contributed by atoms with Crippen molar-refractivity contribution in [2.75, 3.05) is 5.32 Å². The number of hydrogen-bond acceptors (Lipinski definition) is 4. The highest BCUT2D eigenvalue weighted by molar-refractivity contribution is 6.30. The van der Waals surface area contributed by atoms with Crippen LogP contribution in [0.2, 0.25) is 5.15 Å². The van der Waals surface area contributed by atoms with Crippen molar-refractivity contribution in [3.8, 4) is 0 Å². The van der Waals surface area contributed by atoms with Gasteiger partial charge in [0.2, 0.25) is 0 Å². The zero-order valence-electron chi connectivity index (χ0n) is 11.3. The molecular formula is C12H18ClN5. The van der Waals surface area contributed by atoms with Crippen LogP contribution in [0.25, 0.3) is 5.78 Å². The van der Waals surface area contributed by atoms with Crippen LogP contribution < -0.4 is 5.32 Å². The molecule has 0 fully saturated rings. The lowest BCUT2D eigenvalue weighted by atomic mass is 9.88. The van der Waals surface area contributed by atoms with E-state index in [0.29, 0.717) is 10.9 Å². The summed E-state index contributed by atoms with van der Waals surface area (Å²) < 4.78 is 1.68. The van der Waals surface area contributed by atoms with E-state index in [-0.39, 0.29) is 11.5 Å². The van der Waals surface area contributed by atoms with Crippen LogP contribution in [0.3, 0.4) is 0 Å². The summed E-state index contributed by atoms with van der Waals surface area (Å²) in [4.78, 5) is 8.25. The van der Waals surface area contributed by atoms with Crippen molar-refractivity contribution in [3.05, 3.63) is 17.0 Å². The van der Waals surface area contributed by atoms with E-state index >= 15 is 0 Å². The Morgan fingerprint density at radius 2 is 2.06 bits per heavy atom. The molecule has 0 aromatic carbocycles. The van der Waals surface area contributed by atoms with E-state index in [2.05, 4.69) is 48.1 Å². The van der Waals surface area contributed by atoms with Crippen molar-refractivity contribution in [2.24, 2.45) is 5.41 Å². The monoisotopic (exact) mass is 267 g/mol. The van der Waals surface area contributed by atoms with Crippen LogP contribution in [0, 0.1) is 12.3 Å². The van der Waals surface area contributed by atoms with Crippen molar-refractivity contribution < 1.29 is 0 Å². The predicted octanol–water partition coefficient (Wildman–Crippen LogP) is 2.93. The first-order chi connectivity index (χ1) is 8.30. The molecule has 0 saturated heterocycles. The Morgan fingerprint density at radius 1 is 1.39 bits per heavy atom. The largest absolute Gasteiger partial charge is 0.367 e. The average molecular weight is 268 g/mol. The van der Waals surface area contributed by atoms with Gasteiger partial charge >= 0.3 is 0 Å². The SMILES string of the molecule is Cc1c(Cl)nc2ncnn2c1NC(C)C(C)(C)C. The highest BCUT2D eigenvalue weighted by Gasteiger charge is 2.22. The van der Waals surface area contributed by atoms with Gasteiger partial charge in [0, 0.05) is 11.6 Å². The van der Waals surface area contributed by atoms with Crippen molar-refractivity contribution in [2.45, 2.75) is 40.7 Å². The number of nitrogens with one attached hydrogen (secondary N) is 1. The topological polar surface area (TPSA) is 55.1 Å². The Morgan fingerprint density at radius 3 is 2.67 bits per heavy atom. The van der Waals surface area contributed by atoms with Crippen LogP contribution >= 0.6 is 11.6 Å². The summed E-state index contributed by atoms with van der Waals surface area (Å²) in [6.07, 6.45) is 1.48. The third-order valence-electron chi connectivity index (χ3n) is 3.26. The van der Waals surface area contributed by atoms with Crippen LogP contribution in [0.4, 0.5) is 5.82 Å². The highest BCUT2D eigenvalue weighted by Crippen LogP contribution is 2.27. The lowest BCUT2D eigenvalue weighted by molar-refractivity contribution is 0.358. The number of aromatic nitrogens is 4. The molecule has 0 aliphatic heterocycles. The molecule has 1 N–H and O–H groups in total. The fraction of sp³-hybridized carbons (Fsp3) is 0.583. The predicted molar refractivity (Wildman–Crippen MR) is 73.1 cm³/mol. The number of fused-ring (bicyclic) bond motifs is 1. The maximum Gasteiger partial charge on any atom is 0.255 e. The van der Waals surface area contributed by atoms with Gasteiger partial charge in [-0.1, -0.05) is 32.4 Å². The molecule has 0 radical (unpaired) electrons. The molecule has 18 heavy (non-hydrogen) atoms. The first-order valence-electron chi connectivity index (χ1n) is 5.93. The van der Waals surface area contributed by atoms with E-state index in [4.69, 9.17) is 11.6 Å². The van der Waals surface area contributed by atoms with Gasteiger partial charge in [-0.05, 0) is 19.3 Å². The fourth-order valence-corrected chi connectivity index (χ4v) is 1.65. The molecule has 1 atom stereocenters. The van der Waals surface area contributed by atoms with E-state index in [9.17, 15) is 0 Å². The van der Waals surface area contributed by atoms with E-state index in [0.717, 1.165) is 11.4 Å². The Labute approximate surface area is 112 Å². The number of nitrogens with zero attached hydrogens (tertiary/aromatic N) is 4. The van der Waals surface area contributed by atoms with E-state index in [1.165, 1.54) is 6.33 Å². The number of anilines is 1. The third-order valence-corrected chi connectivity index (χ3v) is 3.62. The maximum absolute atomic E-state index is 6.12. The minimum Gasteiger partial charge on any atom is -0.367 e. The van der Waals surface area contributed by atoms with Gasteiger partial charge in [-0.25, -0.2) is 0 Å². The lowest BCUT2D eigenvalue weighted by Gasteiger charge is -2.29. The summed E-state index contributed by atoms with van der Waals surface area (Å²) in [6, 6.07) is 0.266. The van der Waals surface area contributed by atoms with Gasteiger partial charge in [0.25, 0.3) is 5.78 Å². The van der Waals surface area contributed by atoms with Crippen LogP contribution in [-0.4, -0.2) is 25.6 Å². The van der Waals surface area contributed by atoms with Crippen LogP contribution in [0.15, 0.2) is 6.33 Å². The summed E-state index contributed by atoms with van der Waals surface area (Å²) in [7, 11) is 0. The Kier molecular flexibility index (Phi) is 3.19. The molecule has 6 heteroatoms. The summed E-state index contributed by atoms with van der Waals surface area (Å²) in [6.45, 7) is 10.6. The van der Waals surface area contributed by atoms with E-state index in [1.807, 2.05) is 6.92 Å². The first kappa shape index (κ1) is 13.1. The Hall–Kier alpha value is -1.36. The fourth-order valence-electron chi connectivity index (χ4n) is 1.49. The Balaban J connectivity index is 2.49. The van der Waals surface area contributed by atoms with Gasteiger partial charge in [0.15, 0.2) is 0 Å². The van der Waals surface area contributed by atoms with Gasteiger partial charge in [0.1, 0.15) is 17.3 Å². The zero-order valence-corrected chi connectivity index (χ0v) is 12.1. The smallest absolute Gasteiger partial charge is 0.255 e. The molecule has 0 bridgehead atoms. The van der Waals surface area contributed by atoms with E-state index < -0.39 is 0 Å². The number of hydrogen-bond donors (Lipinski definition) is 1. The normalized spacial score (nSPS) is 13.9. The Bertz CT molecular complexity index is 570. The molecule has 0 amide bonds. The quantitative estimate of drug-likeness (QED) is 0.850. The summed E-state index contributed by atoms with van der Waals surface area (Å²) in [5, 5.41) is 8.09. The van der Waals surface area contributed by atoms with Crippen LogP contribution in [-0.2, 0) is 0 Å². The summed E-state index contributed by atoms with van der Waals surface area (Å²) >= 11 is 6.12. The molecule has 2 aromatic heterocycles. The molecule has 0 spiro atoms. The summed E-state index contributed by atoms with van der Waals surface area (Å²) in [5.74, 6) is 1.36. The highest BCUT2D eigenvalue weighted by atomic mass is 35.5. The second-order valence-corrected chi connectivity index (χ2v) is 5.94. The second kappa shape index (κ2) is 4.39. The van der Waals surface area contributed by atoms with Crippen molar-refractivity contribution in [1.82, 2.24) is 19.6 Å². The molecule has 0 saturated carbocycles. The van der Waals surface area contributed by atoms with Crippen molar-refractivity contribution in [3.63, 3.8) is 0 Å². The van der Waals surface area contributed by atoms with E-state index in [1.54, 1.807) is 4.52 Å². The zero-order chi connectivity index (χ0) is 13.5. The van der Waals surface area contributed by atoms with Crippen molar-refractivity contribution in [1.29, 1.82) is 0 Å². The van der Waals surface area contributed by atoms with Gasteiger partial charge in [-0.15, -0.1) is 0 Å². The molecule has 2 aromatic rings. The van der Waals surface area contributed by atoms with Gasteiger partial charge in [-0.2, -0.15) is 19.6 Å². The second-order valence-electron chi connectivity index (χ2n) is 5.58. The molecule has 2 rings (SSSR count). The number of rotatable bonds is 2. The van der Waals surface area contributed by atoms with Gasteiger partial charge < -0.3 is 5.32 Å². The minimum absolute atomic E-state index is 0.134. The molecule has 98 valence electrons. The summed E-state index contributed by atoms with van der Waals surface area (Å²) in [5.41, 5.74) is 1.01. The van der Waals surface area contributed by atoms with Crippen molar-refractivity contribution >= 4 is 23.2 Å². The molecule has 5 nitrogen and oxygen atoms in total. The maximum atomic E-state index is 6.12. The molecule has 0 aliphatic carbocycles. The molecule has 1 unspecified atom stereocenters.